The highest BCUT2D eigenvalue weighted by Crippen LogP contribution is 2.13. The van der Waals surface area contributed by atoms with E-state index in [1.54, 1.807) is 0 Å². The summed E-state index contributed by atoms with van der Waals surface area (Å²) in [5, 5.41) is 0.355. The number of esters is 1. The molecular weight excluding hydrogens is 284 g/mol. The van der Waals surface area contributed by atoms with E-state index in [0.717, 1.165) is 16.7 Å². The van der Waals surface area contributed by atoms with E-state index < -0.39 is 0 Å². The molecule has 0 bridgehead atoms. The molecule has 1 aromatic rings. The van der Waals surface area contributed by atoms with Crippen molar-refractivity contribution in [3.8, 4) is 0 Å². The van der Waals surface area contributed by atoms with Crippen molar-refractivity contribution in [3.63, 3.8) is 0 Å². The standard InChI is InChI=1S/C13H15BrO3/c1-9-3-4-10(6-13(16)17-2)5-11(9)7-12(15)8-14/h3-5H,6-8H2,1-2H3. The lowest BCUT2D eigenvalue weighted by atomic mass is 9.99. The van der Waals surface area contributed by atoms with Crippen LogP contribution in [0.15, 0.2) is 18.2 Å². The fourth-order valence-corrected chi connectivity index (χ4v) is 1.72. The number of hydrogen-bond acceptors (Lipinski definition) is 3. The third-order valence-electron chi connectivity index (χ3n) is 2.53. The summed E-state index contributed by atoms with van der Waals surface area (Å²) in [7, 11) is 1.37. The maximum atomic E-state index is 11.4. The molecule has 0 heterocycles. The van der Waals surface area contributed by atoms with Gasteiger partial charge in [-0.15, -0.1) is 0 Å². The number of rotatable bonds is 5. The summed E-state index contributed by atoms with van der Waals surface area (Å²) in [4.78, 5) is 22.5. The number of carbonyl (C=O) groups excluding carboxylic acids is 2. The fourth-order valence-electron chi connectivity index (χ4n) is 1.52. The second-order valence-corrected chi connectivity index (χ2v) is 4.42. The monoisotopic (exact) mass is 298 g/mol. The second-order valence-electron chi connectivity index (χ2n) is 3.86. The Labute approximate surface area is 109 Å². The number of aryl methyl sites for hydroxylation is 1. The van der Waals surface area contributed by atoms with E-state index in [-0.39, 0.29) is 18.2 Å². The minimum atomic E-state index is -0.272. The lowest BCUT2D eigenvalue weighted by molar-refractivity contribution is -0.139. The average molecular weight is 299 g/mol. The molecule has 0 spiro atoms. The van der Waals surface area contributed by atoms with Gasteiger partial charge in [0.1, 0.15) is 5.78 Å². The molecule has 0 amide bonds. The molecule has 0 saturated carbocycles. The predicted octanol–water partition coefficient (Wildman–Crippen LogP) is 2.22. The number of ketones is 1. The molecule has 0 atom stereocenters. The molecular formula is C13H15BrO3. The van der Waals surface area contributed by atoms with Gasteiger partial charge in [0.05, 0.1) is 18.9 Å². The van der Waals surface area contributed by atoms with Gasteiger partial charge in [0.2, 0.25) is 0 Å². The molecule has 0 saturated heterocycles. The first-order valence-electron chi connectivity index (χ1n) is 5.29. The van der Waals surface area contributed by atoms with Gasteiger partial charge in [-0.25, -0.2) is 0 Å². The van der Waals surface area contributed by atoms with E-state index in [4.69, 9.17) is 0 Å². The highest BCUT2D eigenvalue weighted by atomic mass is 79.9. The first-order valence-corrected chi connectivity index (χ1v) is 6.42. The number of methoxy groups -OCH3 is 1. The van der Waals surface area contributed by atoms with Crippen LogP contribution in [0.25, 0.3) is 0 Å². The maximum Gasteiger partial charge on any atom is 0.309 e. The summed E-state index contributed by atoms with van der Waals surface area (Å²) in [6, 6.07) is 5.70. The van der Waals surface area contributed by atoms with Gasteiger partial charge in [-0.3, -0.25) is 9.59 Å². The highest BCUT2D eigenvalue weighted by molar-refractivity contribution is 9.09. The summed E-state index contributed by atoms with van der Waals surface area (Å²) in [5.74, 6) is -0.144. The van der Waals surface area contributed by atoms with Crippen molar-refractivity contribution < 1.29 is 14.3 Å². The SMILES string of the molecule is COC(=O)Cc1ccc(C)c(CC(=O)CBr)c1. The molecule has 0 aliphatic rings. The number of benzene rings is 1. The Morgan fingerprint density at radius 2 is 2.00 bits per heavy atom. The van der Waals surface area contributed by atoms with Gasteiger partial charge in [-0.1, -0.05) is 34.1 Å². The van der Waals surface area contributed by atoms with Crippen molar-refractivity contribution in [1.29, 1.82) is 0 Å². The quantitative estimate of drug-likeness (QED) is 0.618. The molecule has 0 fully saturated rings. The predicted molar refractivity (Wildman–Crippen MR) is 69.4 cm³/mol. The van der Waals surface area contributed by atoms with Crippen molar-refractivity contribution in [2.24, 2.45) is 0 Å². The van der Waals surface area contributed by atoms with Crippen LogP contribution in [0.5, 0.6) is 0 Å². The molecule has 0 N–H and O–H groups in total. The third-order valence-corrected chi connectivity index (χ3v) is 3.15. The van der Waals surface area contributed by atoms with Gasteiger partial charge < -0.3 is 4.74 Å². The zero-order chi connectivity index (χ0) is 12.8. The summed E-state index contributed by atoms with van der Waals surface area (Å²) >= 11 is 3.14. The summed E-state index contributed by atoms with van der Waals surface area (Å²) in [6.45, 7) is 1.96. The van der Waals surface area contributed by atoms with Crippen LogP contribution >= 0.6 is 15.9 Å². The van der Waals surface area contributed by atoms with Crippen LogP contribution in [0.4, 0.5) is 0 Å². The van der Waals surface area contributed by atoms with Gasteiger partial charge in [0.25, 0.3) is 0 Å². The molecule has 0 aromatic heterocycles. The third kappa shape index (κ3) is 4.30. The first-order chi connectivity index (χ1) is 8.06. The smallest absolute Gasteiger partial charge is 0.309 e. The van der Waals surface area contributed by atoms with Crippen molar-refractivity contribution in [1.82, 2.24) is 0 Å². The molecule has 0 unspecified atom stereocenters. The van der Waals surface area contributed by atoms with Crippen LogP contribution in [0, 0.1) is 6.92 Å². The van der Waals surface area contributed by atoms with Crippen LogP contribution in [-0.2, 0) is 27.2 Å². The summed E-state index contributed by atoms with van der Waals surface area (Å²) < 4.78 is 4.61. The Morgan fingerprint density at radius 3 is 2.59 bits per heavy atom. The van der Waals surface area contributed by atoms with Gasteiger partial charge in [0.15, 0.2) is 0 Å². The Kier molecular flexibility index (Phi) is 5.35. The minimum absolute atomic E-state index is 0.128. The van der Waals surface area contributed by atoms with E-state index in [0.29, 0.717) is 11.8 Å². The van der Waals surface area contributed by atoms with Gasteiger partial charge in [0, 0.05) is 6.42 Å². The van der Waals surface area contributed by atoms with Gasteiger partial charge in [-0.2, -0.15) is 0 Å². The lowest BCUT2D eigenvalue weighted by Crippen LogP contribution is -2.08. The zero-order valence-corrected chi connectivity index (χ0v) is 11.5. The molecule has 0 aliphatic heterocycles. The van der Waals surface area contributed by atoms with Gasteiger partial charge in [-0.05, 0) is 23.6 Å². The lowest BCUT2D eigenvalue weighted by Gasteiger charge is -2.07. The molecule has 1 rings (SSSR count). The van der Waals surface area contributed by atoms with E-state index in [9.17, 15) is 9.59 Å². The maximum absolute atomic E-state index is 11.4. The summed E-state index contributed by atoms with van der Waals surface area (Å²) in [6.07, 6.45) is 0.637. The molecule has 17 heavy (non-hydrogen) atoms. The zero-order valence-electron chi connectivity index (χ0n) is 9.96. The molecule has 3 nitrogen and oxygen atoms in total. The van der Waals surface area contributed by atoms with Crippen molar-refractivity contribution in [3.05, 3.63) is 34.9 Å². The second kappa shape index (κ2) is 6.55. The van der Waals surface area contributed by atoms with Crippen LogP contribution in [0.2, 0.25) is 0 Å². The molecule has 0 aliphatic carbocycles. The number of ether oxygens (including phenoxy) is 1. The Morgan fingerprint density at radius 1 is 1.29 bits per heavy atom. The topological polar surface area (TPSA) is 43.4 Å². The Balaban J connectivity index is 2.86. The normalized spacial score (nSPS) is 10.1. The number of alkyl halides is 1. The number of halogens is 1. The van der Waals surface area contributed by atoms with E-state index in [2.05, 4.69) is 20.7 Å². The highest BCUT2D eigenvalue weighted by Gasteiger charge is 2.08. The van der Waals surface area contributed by atoms with Crippen LogP contribution < -0.4 is 0 Å². The van der Waals surface area contributed by atoms with E-state index >= 15 is 0 Å². The van der Waals surface area contributed by atoms with Crippen LogP contribution in [-0.4, -0.2) is 24.2 Å². The largest absolute Gasteiger partial charge is 0.469 e. The summed E-state index contributed by atoms with van der Waals surface area (Å²) in [5.41, 5.74) is 2.91. The molecule has 1 aromatic carbocycles. The van der Waals surface area contributed by atoms with E-state index in [1.165, 1.54) is 7.11 Å². The first kappa shape index (κ1) is 13.9. The number of Topliss-reactive ketones (excluding diaryl/α,β-unsaturated/α-hetero) is 1. The van der Waals surface area contributed by atoms with Crippen molar-refractivity contribution in [2.45, 2.75) is 19.8 Å². The molecule has 92 valence electrons. The van der Waals surface area contributed by atoms with Crippen molar-refractivity contribution >= 4 is 27.7 Å². The fraction of sp³-hybridized carbons (Fsp3) is 0.385. The molecule has 4 heteroatoms. The van der Waals surface area contributed by atoms with Crippen LogP contribution in [0.1, 0.15) is 16.7 Å². The van der Waals surface area contributed by atoms with Gasteiger partial charge >= 0.3 is 5.97 Å². The average Bonchev–Trinajstić information content (AvgIpc) is 2.33. The minimum Gasteiger partial charge on any atom is -0.469 e. The Hall–Kier alpha value is -1.16. The molecule has 0 radical (unpaired) electrons. The van der Waals surface area contributed by atoms with Crippen LogP contribution in [0.3, 0.4) is 0 Å². The Bertz CT molecular complexity index is 427. The number of hydrogen-bond donors (Lipinski definition) is 0. The number of carbonyl (C=O) groups is 2. The van der Waals surface area contributed by atoms with E-state index in [1.807, 2.05) is 25.1 Å². The van der Waals surface area contributed by atoms with Crippen molar-refractivity contribution in [2.75, 3.05) is 12.4 Å².